The summed E-state index contributed by atoms with van der Waals surface area (Å²) in [5, 5.41) is 29.0. The predicted octanol–water partition coefficient (Wildman–Crippen LogP) is -3.59. The molecule has 3 N–H and O–H groups in total. The monoisotopic (exact) mass is 302 g/mol. The van der Waals surface area contributed by atoms with E-state index in [1.54, 1.807) is 7.85 Å². The third-order valence-electron chi connectivity index (χ3n) is 4.43. The van der Waals surface area contributed by atoms with Gasteiger partial charge in [-0.2, -0.15) is 0 Å². The Hall–Kier alpha value is -0.150. The van der Waals surface area contributed by atoms with Gasteiger partial charge in [0.15, 0.2) is 0 Å². The minimum absolute atomic E-state index is 0.000749. The van der Waals surface area contributed by atoms with Gasteiger partial charge in [-0.15, -0.1) is 0 Å². The molecule has 0 bridgehead atoms. The van der Waals surface area contributed by atoms with Crippen LogP contribution in [0.25, 0.3) is 0 Å². The van der Waals surface area contributed by atoms with Gasteiger partial charge in [-0.1, -0.05) is 6.92 Å². The second kappa shape index (κ2) is 7.41. The molecule has 9 heteroatoms. The predicted molar refractivity (Wildman–Crippen MR) is 78.4 cm³/mol. The molecule has 0 spiro atoms. The van der Waals surface area contributed by atoms with Gasteiger partial charge in [0.25, 0.3) is 0 Å². The zero-order valence-electron chi connectivity index (χ0n) is 12.7. The lowest BCUT2D eigenvalue weighted by molar-refractivity contribution is -0.148. The van der Waals surface area contributed by atoms with Crippen molar-refractivity contribution < 1.29 is 34.3 Å². The van der Waals surface area contributed by atoms with Crippen LogP contribution in [0.3, 0.4) is 0 Å². The average molecular weight is 302 g/mol. The normalized spacial score (nSPS) is 47.0. The summed E-state index contributed by atoms with van der Waals surface area (Å²) in [5.74, 6) is 0.0733. The summed E-state index contributed by atoms with van der Waals surface area (Å²) < 4.78 is 21.8. The first-order valence-corrected chi connectivity index (χ1v) is 7.43. The summed E-state index contributed by atoms with van der Waals surface area (Å²) in [6, 6.07) is -0.381. The van der Waals surface area contributed by atoms with Crippen molar-refractivity contribution in [2.45, 2.75) is 49.5 Å². The number of aliphatic hydroxyl groups is 3. The topological polar surface area (TPSA) is 97.6 Å². The molecule has 2 unspecified atom stereocenters. The van der Waals surface area contributed by atoms with Gasteiger partial charge in [0, 0.05) is 11.9 Å². The highest BCUT2D eigenvalue weighted by Crippen LogP contribution is 2.25. The van der Waals surface area contributed by atoms with Crippen molar-refractivity contribution in [3.05, 3.63) is 0 Å². The minimum atomic E-state index is -0.792. The van der Waals surface area contributed by atoms with Crippen LogP contribution < -0.4 is 0 Å². The van der Waals surface area contributed by atoms with Crippen LogP contribution in [0.5, 0.6) is 0 Å². The highest BCUT2D eigenvalue weighted by atomic mass is 16.7. The van der Waals surface area contributed by atoms with Gasteiger partial charge in [0.05, 0.1) is 25.3 Å². The molecule has 21 heavy (non-hydrogen) atoms. The Balaban J connectivity index is 1.70. The molecule has 120 valence electrons. The van der Waals surface area contributed by atoms with Crippen molar-refractivity contribution in [2.75, 3.05) is 20.0 Å². The van der Waals surface area contributed by atoms with Crippen LogP contribution in [0, 0.1) is 5.92 Å². The van der Waals surface area contributed by atoms with Gasteiger partial charge < -0.3 is 34.3 Å². The molecule has 2 fully saturated rings. The van der Waals surface area contributed by atoms with Crippen LogP contribution in [0.15, 0.2) is 0 Å². The molecular formula is C12H24B2O7. The smallest absolute Gasteiger partial charge is 0.147 e. The first-order chi connectivity index (χ1) is 9.95. The van der Waals surface area contributed by atoms with Gasteiger partial charge in [0.1, 0.15) is 46.9 Å². The molecule has 2 rings (SSSR count). The summed E-state index contributed by atoms with van der Waals surface area (Å²) in [6.07, 6.45) is -2.87. The van der Waals surface area contributed by atoms with Crippen molar-refractivity contribution in [3.8, 4) is 0 Å². The van der Waals surface area contributed by atoms with Gasteiger partial charge in [-0.3, -0.25) is 0 Å². The molecule has 0 amide bonds. The fourth-order valence-electron chi connectivity index (χ4n) is 2.80. The van der Waals surface area contributed by atoms with E-state index in [0.29, 0.717) is 0 Å². The lowest BCUT2D eigenvalue weighted by Crippen LogP contribution is -2.38. The Bertz CT molecular complexity index is 335. The SMILES string of the molecule is B[C@@H]1O[C@H](COCOC2[C@@H](CO)O[C@@H](B)[C@H]2O)C(O)[C@@H]1C. The van der Waals surface area contributed by atoms with Gasteiger partial charge in [-0.25, -0.2) is 0 Å². The number of hydrogen-bond acceptors (Lipinski definition) is 7. The molecule has 0 aromatic carbocycles. The molecule has 0 aromatic rings. The van der Waals surface area contributed by atoms with Crippen LogP contribution in [0.4, 0.5) is 0 Å². The number of ether oxygens (including phenoxy) is 4. The van der Waals surface area contributed by atoms with E-state index in [1.807, 2.05) is 14.8 Å². The molecule has 0 aliphatic carbocycles. The van der Waals surface area contributed by atoms with Gasteiger partial charge >= 0.3 is 0 Å². The summed E-state index contributed by atoms with van der Waals surface area (Å²) in [4.78, 5) is 0. The second-order valence-corrected chi connectivity index (χ2v) is 5.90. The van der Waals surface area contributed by atoms with Crippen molar-refractivity contribution in [1.29, 1.82) is 0 Å². The van der Waals surface area contributed by atoms with Crippen LogP contribution in [-0.4, -0.2) is 93.5 Å². The highest BCUT2D eigenvalue weighted by Gasteiger charge is 2.42. The van der Waals surface area contributed by atoms with E-state index in [9.17, 15) is 15.3 Å². The number of aliphatic hydroxyl groups excluding tert-OH is 3. The Morgan fingerprint density at radius 3 is 2.29 bits per heavy atom. The zero-order valence-corrected chi connectivity index (χ0v) is 12.7. The molecule has 0 radical (unpaired) electrons. The summed E-state index contributed by atoms with van der Waals surface area (Å²) in [6.45, 7) is 1.89. The van der Waals surface area contributed by atoms with E-state index in [4.69, 9.17) is 18.9 Å². The quantitative estimate of drug-likeness (QED) is 0.265. The molecule has 2 heterocycles. The minimum Gasteiger partial charge on any atom is -0.394 e. The maximum Gasteiger partial charge on any atom is 0.147 e. The van der Waals surface area contributed by atoms with E-state index in [1.165, 1.54) is 0 Å². The Morgan fingerprint density at radius 1 is 1.05 bits per heavy atom. The van der Waals surface area contributed by atoms with E-state index in [0.717, 1.165) is 0 Å². The van der Waals surface area contributed by atoms with E-state index < -0.39 is 24.4 Å². The van der Waals surface area contributed by atoms with Crippen molar-refractivity contribution in [2.24, 2.45) is 5.92 Å². The van der Waals surface area contributed by atoms with Crippen LogP contribution in [-0.2, 0) is 18.9 Å². The molecule has 2 aliphatic rings. The Morgan fingerprint density at radius 2 is 1.71 bits per heavy atom. The molecule has 0 aromatic heterocycles. The van der Waals surface area contributed by atoms with E-state index in [2.05, 4.69) is 0 Å². The fraction of sp³-hybridized carbons (Fsp3) is 1.00. The first kappa shape index (κ1) is 17.2. The van der Waals surface area contributed by atoms with Gasteiger partial charge in [0.2, 0.25) is 0 Å². The van der Waals surface area contributed by atoms with Gasteiger partial charge in [-0.05, 0) is 0 Å². The zero-order chi connectivity index (χ0) is 15.6. The van der Waals surface area contributed by atoms with Crippen LogP contribution >= 0.6 is 0 Å². The first-order valence-electron chi connectivity index (χ1n) is 7.43. The maximum atomic E-state index is 9.96. The lowest BCUT2D eigenvalue weighted by Gasteiger charge is -2.21. The molecule has 8 atom stereocenters. The maximum absolute atomic E-state index is 9.96. The number of hydrogen-bond donors (Lipinski definition) is 3. The summed E-state index contributed by atoms with van der Waals surface area (Å²) >= 11 is 0. The van der Waals surface area contributed by atoms with Crippen molar-refractivity contribution in [3.63, 3.8) is 0 Å². The standard InChI is InChI=1S/C12H24B2O7/c1-5-8(16)7(21-11(5)13)3-18-4-19-10-6(2-15)20-12(14)9(10)17/h5-12,15-17H,2-4,13-14H2,1H3/t5-,6+,7+,8?,9-,10?,11+,12+/m0/s1. The highest BCUT2D eigenvalue weighted by molar-refractivity contribution is 6.11. The van der Waals surface area contributed by atoms with Crippen molar-refractivity contribution in [1.82, 2.24) is 0 Å². The third-order valence-corrected chi connectivity index (χ3v) is 4.43. The Labute approximate surface area is 126 Å². The average Bonchev–Trinajstić information content (AvgIpc) is 2.88. The van der Waals surface area contributed by atoms with E-state index in [-0.39, 0.29) is 44.0 Å². The fourth-order valence-corrected chi connectivity index (χ4v) is 2.80. The molecular weight excluding hydrogens is 278 g/mol. The molecule has 0 saturated carbocycles. The molecule has 7 nitrogen and oxygen atoms in total. The van der Waals surface area contributed by atoms with Crippen LogP contribution in [0.2, 0.25) is 0 Å². The summed E-state index contributed by atoms with van der Waals surface area (Å²) in [5.41, 5.74) is 0. The number of rotatable bonds is 6. The largest absolute Gasteiger partial charge is 0.394 e. The van der Waals surface area contributed by atoms with Crippen molar-refractivity contribution >= 4 is 15.7 Å². The van der Waals surface area contributed by atoms with Crippen LogP contribution in [0.1, 0.15) is 6.92 Å². The third kappa shape index (κ3) is 3.79. The Kier molecular flexibility index (Phi) is 6.07. The van der Waals surface area contributed by atoms with E-state index >= 15 is 0 Å². The lowest BCUT2D eigenvalue weighted by atomic mass is 9.86. The molecule has 2 aliphatic heterocycles. The summed E-state index contributed by atoms with van der Waals surface area (Å²) in [7, 11) is 3.65. The molecule has 2 saturated heterocycles. The second-order valence-electron chi connectivity index (χ2n) is 5.90.